The third-order valence-corrected chi connectivity index (χ3v) is 6.18. The van der Waals surface area contributed by atoms with Gasteiger partial charge in [0, 0.05) is 11.4 Å². The van der Waals surface area contributed by atoms with Crippen molar-refractivity contribution in [3.63, 3.8) is 0 Å². The second kappa shape index (κ2) is 6.49. The fraction of sp³-hybridized carbons (Fsp3) is 0.438. The summed E-state index contributed by atoms with van der Waals surface area (Å²) in [5, 5.41) is 1.29. The monoisotopic (exact) mass is 349 g/mol. The lowest BCUT2D eigenvalue weighted by Crippen LogP contribution is -2.24. The van der Waals surface area contributed by atoms with Crippen LogP contribution in [0.4, 0.5) is 0 Å². The number of aryl methyl sites for hydroxylation is 1. The molecule has 0 aliphatic heterocycles. The van der Waals surface area contributed by atoms with Gasteiger partial charge in [0.25, 0.3) is 5.56 Å². The molecule has 0 saturated heterocycles. The Hall–Kier alpha value is -1.60. The van der Waals surface area contributed by atoms with Crippen LogP contribution in [0.1, 0.15) is 23.8 Å². The molecule has 0 unspecified atom stereocenters. The number of hydrogen-bond donors (Lipinski definition) is 1. The zero-order chi connectivity index (χ0) is 16.6. The van der Waals surface area contributed by atoms with Crippen LogP contribution in [0.15, 0.2) is 22.6 Å². The Balaban J connectivity index is 2.17. The minimum Gasteiger partial charge on any atom is -0.369 e. The van der Waals surface area contributed by atoms with Crippen LogP contribution in [0.2, 0.25) is 0 Å². The third-order valence-electron chi connectivity index (χ3n) is 4.04. The van der Waals surface area contributed by atoms with E-state index in [4.69, 9.17) is 5.73 Å². The maximum Gasteiger partial charge on any atom is 0.263 e. The number of allylic oxidation sites excluding steroid dienone is 1. The van der Waals surface area contributed by atoms with Gasteiger partial charge in [-0.2, -0.15) is 0 Å². The van der Waals surface area contributed by atoms with Gasteiger partial charge in [-0.1, -0.05) is 24.8 Å². The Morgan fingerprint density at radius 2 is 2.39 bits per heavy atom. The first-order valence-electron chi connectivity index (χ1n) is 7.58. The zero-order valence-corrected chi connectivity index (χ0v) is 14.6. The van der Waals surface area contributed by atoms with E-state index in [-0.39, 0.29) is 11.3 Å². The van der Waals surface area contributed by atoms with Crippen LogP contribution in [-0.4, -0.2) is 21.2 Å². The van der Waals surface area contributed by atoms with Crippen molar-refractivity contribution in [2.24, 2.45) is 11.7 Å². The van der Waals surface area contributed by atoms with Crippen LogP contribution >= 0.6 is 23.1 Å². The number of nitrogens with two attached hydrogens (primary N) is 1. The van der Waals surface area contributed by atoms with Crippen LogP contribution in [0.5, 0.6) is 0 Å². The van der Waals surface area contributed by atoms with Crippen molar-refractivity contribution < 1.29 is 4.79 Å². The molecule has 7 heteroatoms. The van der Waals surface area contributed by atoms with Gasteiger partial charge in [-0.3, -0.25) is 14.2 Å². The Labute approximate surface area is 142 Å². The standard InChI is InChI=1S/C16H19N3O2S2/c1-3-6-19-15(21)13-10-5-4-9(2)7-11(10)23-14(13)18-16(19)22-8-12(17)20/h3,9H,1,4-8H2,2H3,(H2,17,20)/t9-/m0/s1. The van der Waals surface area contributed by atoms with E-state index in [9.17, 15) is 9.59 Å². The van der Waals surface area contributed by atoms with Crippen LogP contribution in [-0.2, 0) is 24.2 Å². The zero-order valence-electron chi connectivity index (χ0n) is 13.0. The molecule has 2 aromatic heterocycles. The second-order valence-electron chi connectivity index (χ2n) is 5.89. The Kier molecular flexibility index (Phi) is 4.59. The summed E-state index contributed by atoms with van der Waals surface area (Å²) >= 11 is 2.82. The number of thiophene rings is 1. The minimum absolute atomic E-state index is 0.0334. The lowest BCUT2D eigenvalue weighted by atomic mass is 9.89. The SMILES string of the molecule is C=CCn1c(SCC(N)=O)nc2sc3c(c2c1=O)CC[C@H](C)C3. The maximum absolute atomic E-state index is 13.0. The summed E-state index contributed by atoms with van der Waals surface area (Å²) in [6.07, 6.45) is 4.73. The quantitative estimate of drug-likeness (QED) is 0.510. The second-order valence-corrected chi connectivity index (χ2v) is 7.91. The lowest BCUT2D eigenvalue weighted by Gasteiger charge is -2.17. The smallest absolute Gasteiger partial charge is 0.263 e. The number of fused-ring (bicyclic) bond motifs is 3. The van der Waals surface area contributed by atoms with Gasteiger partial charge in [0.15, 0.2) is 5.16 Å². The molecule has 0 bridgehead atoms. The molecule has 0 radical (unpaired) electrons. The molecule has 3 rings (SSSR count). The number of amides is 1. The van der Waals surface area contributed by atoms with Gasteiger partial charge in [0.1, 0.15) is 4.83 Å². The summed E-state index contributed by atoms with van der Waals surface area (Å²) in [6, 6.07) is 0. The number of carbonyl (C=O) groups is 1. The van der Waals surface area contributed by atoms with Crippen molar-refractivity contribution in [2.75, 3.05) is 5.75 Å². The first-order chi connectivity index (χ1) is 11.0. The van der Waals surface area contributed by atoms with E-state index in [0.29, 0.717) is 17.6 Å². The number of carbonyl (C=O) groups excluding carboxylic acids is 1. The number of aromatic nitrogens is 2. The summed E-state index contributed by atoms with van der Waals surface area (Å²) in [5.74, 6) is 0.334. The van der Waals surface area contributed by atoms with Gasteiger partial charge in [-0.15, -0.1) is 17.9 Å². The van der Waals surface area contributed by atoms with Crippen LogP contribution < -0.4 is 11.3 Å². The first-order valence-corrected chi connectivity index (χ1v) is 9.38. The lowest BCUT2D eigenvalue weighted by molar-refractivity contribution is -0.115. The average molecular weight is 349 g/mol. The minimum atomic E-state index is -0.422. The molecule has 1 atom stereocenters. The molecule has 122 valence electrons. The summed E-state index contributed by atoms with van der Waals surface area (Å²) in [5.41, 5.74) is 6.36. The molecule has 1 aliphatic carbocycles. The highest BCUT2D eigenvalue weighted by atomic mass is 32.2. The molecular weight excluding hydrogens is 330 g/mol. The molecule has 23 heavy (non-hydrogen) atoms. The topological polar surface area (TPSA) is 78.0 Å². The number of hydrogen-bond acceptors (Lipinski definition) is 5. The molecule has 2 N–H and O–H groups in total. The number of primary amides is 1. The van der Waals surface area contributed by atoms with Gasteiger partial charge in [-0.05, 0) is 30.7 Å². The molecule has 2 heterocycles. The molecule has 0 spiro atoms. The van der Waals surface area contributed by atoms with Crippen molar-refractivity contribution in [3.8, 4) is 0 Å². The van der Waals surface area contributed by atoms with E-state index in [2.05, 4.69) is 18.5 Å². The van der Waals surface area contributed by atoms with E-state index < -0.39 is 5.91 Å². The highest BCUT2D eigenvalue weighted by Crippen LogP contribution is 2.36. The molecule has 1 aliphatic rings. The van der Waals surface area contributed by atoms with Gasteiger partial charge in [0.05, 0.1) is 11.1 Å². The van der Waals surface area contributed by atoms with Crippen LogP contribution in [0, 0.1) is 5.92 Å². The first kappa shape index (κ1) is 16.3. The van der Waals surface area contributed by atoms with Crippen molar-refractivity contribution in [1.29, 1.82) is 0 Å². The summed E-state index contributed by atoms with van der Waals surface area (Å²) < 4.78 is 1.59. The van der Waals surface area contributed by atoms with E-state index in [1.54, 1.807) is 22.0 Å². The summed E-state index contributed by atoms with van der Waals surface area (Å²) in [4.78, 5) is 30.7. The van der Waals surface area contributed by atoms with Crippen molar-refractivity contribution in [1.82, 2.24) is 9.55 Å². The molecule has 5 nitrogen and oxygen atoms in total. The normalized spacial score (nSPS) is 17.2. The average Bonchev–Trinajstić information content (AvgIpc) is 2.85. The fourth-order valence-corrected chi connectivity index (χ4v) is 5.11. The van der Waals surface area contributed by atoms with Crippen LogP contribution in [0.25, 0.3) is 10.2 Å². The van der Waals surface area contributed by atoms with Gasteiger partial charge >= 0.3 is 0 Å². The highest BCUT2D eigenvalue weighted by Gasteiger charge is 2.24. The molecule has 0 saturated carbocycles. The third kappa shape index (κ3) is 3.07. The highest BCUT2D eigenvalue weighted by molar-refractivity contribution is 7.99. The fourth-order valence-electron chi connectivity index (χ4n) is 2.94. The number of rotatable bonds is 5. The summed E-state index contributed by atoms with van der Waals surface area (Å²) in [6.45, 7) is 6.33. The maximum atomic E-state index is 13.0. The molecular formula is C16H19N3O2S2. The summed E-state index contributed by atoms with van der Waals surface area (Å²) in [7, 11) is 0. The van der Waals surface area contributed by atoms with Crippen molar-refractivity contribution in [3.05, 3.63) is 33.4 Å². The van der Waals surface area contributed by atoms with E-state index >= 15 is 0 Å². The van der Waals surface area contributed by atoms with Crippen LogP contribution in [0.3, 0.4) is 0 Å². The van der Waals surface area contributed by atoms with Gasteiger partial charge in [-0.25, -0.2) is 4.98 Å². The van der Waals surface area contributed by atoms with E-state index in [1.807, 2.05) is 0 Å². The van der Waals surface area contributed by atoms with Crippen molar-refractivity contribution in [2.45, 2.75) is 37.9 Å². The predicted molar refractivity (Wildman–Crippen MR) is 95.2 cm³/mol. The molecule has 0 fully saturated rings. The van der Waals surface area contributed by atoms with Crippen molar-refractivity contribution >= 4 is 39.2 Å². The van der Waals surface area contributed by atoms with Gasteiger partial charge in [0.2, 0.25) is 5.91 Å². The molecule has 1 amide bonds. The van der Waals surface area contributed by atoms with E-state index in [1.165, 1.54) is 22.2 Å². The Morgan fingerprint density at radius 1 is 1.61 bits per heavy atom. The predicted octanol–water partition coefficient (Wildman–Crippen LogP) is 2.35. The number of thioether (sulfide) groups is 1. The Morgan fingerprint density at radius 3 is 3.09 bits per heavy atom. The largest absolute Gasteiger partial charge is 0.369 e. The van der Waals surface area contributed by atoms with E-state index in [0.717, 1.165) is 29.5 Å². The Bertz CT molecular complexity index is 838. The molecule has 0 aromatic carbocycles. The molecule has 2 aromatic rings. The van der Waals surface area contributed by atoms with Gasteiger partial charge < -0.3 is 5.73 Å². The number of nitrogens with zero attached hydrogens (tertiary/aromatic N) is 2.